The molecule has 1 saturated heterocycles. The van der Waals surface area contributed by atoms with Crippen LogP contribution >= 0.6 is 0 Å². The van der Waals surface area contributed by atoms with E-state index in [0.29, 0.717) is 38.4 Å². The highest BCUT2D eigenvalue weighted by Crippen LogP contribution is 2.27. The van der Waals surface area contributed by atoms with Gasteiger partial charge >= 0.3 is 0 Å². The first kappa shape index (κ1) is 21.8. The van der Waals surface area contributed by atoms with E-state index in [-0.39, 0.29) is 17.7 Å². The van der Waals surface area contributed by atoms with Crippen molar-refractivity contribution < 1.29 is 9.59 Å². The first-order chi connectivity index (χ1) is 15.6. The lowest BCUT2D eigenvalue weighted by Crippen LogP contribution is -2.38. The van der Waals surface area contributed by atoms with Crippen LogP contribution in [0.15, 0.2) is 67.0 Å². The van der Waals surface area contributed by atoms with Gasteiger partial charge in [0.1, 0.15) is 0 Å². The van der Waals surface area contributed by atoms with E-state index in [9.17, 15) is 9.59 Å². The average molecular weight is 431 g/mol. The molecule has 0 aliphatic carbocycles. The van der Waals surface area contributed by atoms with Crippen LogP contribution in [0.25, 0.3) is 11.1 Å². The second-order valence-electron chi connectivity index (χ2n) is 8.36. The van der Waals surface area contributed by atoms with Crippen LogP contribution in [0.2, 0.25) is 0 Å². The third-order valence-electron chi connectivity index (χ3n) is 6.10. The molecule has 2 amide bonds. The summed E-state index contributed by atoms with van der Waals surface area (Å²) < 4.78 is 1.73. The molecule has 3 aromatic rings. The maximum Gasteiger partial charge on any atom is 0.289 e. The van der Waals surface area contributed by atoms with E-state index in [2.05, 4.69) is 36.2 Å². The van der Waals surface area contributed by atoms with Crippen LogP contribution in [0.4, 0.5) is 0 Å². The third kappa shape index (κ3) is 4.59. The van der Waals surface area contributed by atoms with Gasteiger partial charge in [0.05, 0.1) is 5.92 Å². The van der Waals surface area contributed by atoms with E-state index in [1.165, 1.54) is 0 Å². The largest absolute Gasteiger partial charge is 0.341 e. The Hall–Kier alpha value is -3.41. The van der Waals surface area contributed by atoms with Gasteiger partial charge in [0.2, 0.25) is 5.91 Å². The summed E-state index contributed by atoms with van der Waals surface area (Å²) in [5, 5.41) is 0. The lowest BCUT2D eigenvalue weighted by atomic mass is 9.91. The van der Waals surface area contributed by atoms with Crippen LogP contribution in [0, 0.1) is 5.92 Å². The van der Waals surface area contributed by atoms with Crippen molar-refractivity contribution in [1.29, 1.82) is 0 Å². The van der Waals surface area contributed by atoms with Crippen molar-refractivity contribution in [3.05, 3.63) is 78.4 Å². The summed E-state index contributed by atoms with van der Waals surface area (Å²) in [6, 6.07) is 18.5. The molecule has 2 heterocycles. The summed E-state index contributed by atoms with van der Waals surface area (Å²) in [7, 11) is 1.82. The molecule has 4 rings (SSSR count). The van der Waals surface area contributed by atoms with Gasteiger partial charge in [0.15, 0.2) is 5.82 Å². The van der Waals surface area contributed by atoms with Gasteiger partial charge in [0.25, 0.3) is 5.91 Å². The van der Waals surface area contributed by atoms with Gasteiger partial charge in [-0.2, -0.15) is 0 Å². The summed E-state index contributed by atoms with van der Waals surface area (Å²) >= 11 is 0. The Kier molecular flexibility index (Phi) is 6.69. The SMILES string of the molecule is CCCN1CCN(C(=O)c2nccn2C)C[C@@H](Cc2ccccc2-c2ccccc2)C1=O. The van der Waals surface area contributed by atoms with Crippen molar-refractivity contribution in [2.75, 3.05) is 26.2 Å². The number of aromatic nitrogens is 2. The summed E-state index contributed by atoms with van der Waals surface area (Å²) in [5.74, 6) is 0.123. The lowest BCUT2D eigenvalue weighted by Gasteiger charge is -2.24. The highest BCUT2D eigenvalue weighted by Gasteiger charge is 2.33. The standard InChI is InChI=1S/C26H30N4O2/c1-3-14-29-16-17-30(26(32)24-27-13-15-28(24)2)19-22(25(29)31)18-21-11-7-8-12-23(21)20-9-5-4-6-10-20/h4-13,15,22H,3,14,16-19H2,1-2H3/t22-/m1/s1. The summed E-state index contributed by atoms with van der Waals surface area (Å²) in [4.78, 5) is 34.6. The van der Waals surface area contributed by atoms with E-state index in [4.69, 9.17) is 0 Å². The van der Waals surface area contributed by atoms with Crippen LogP contribution in [-0.2, 0) is 18.3 Å². The molecule has 1 aromatic heterocycles. The Morgan fingerprint density at radius 1 is 1.06 bits per heavy atom. The molecule has 2 aromatic carbocycles. The number of rotatable bonds is 6. The van der Waals surface area contributed by atoms with Gasteiger partial charge in [-0.25, -0.2) is 4.98 Å². The Bertz CT molecular complexity index is 1080. The number of carbonyl (C=O) groups is 2. The van der Waals surface area contributed by atoms with E-state index in [1.807, 2.05) is 42.3 Å². The fourth-order valence-corrected chi connectivity index (χ4v) is 4.45. The highest BCUT2D eigenvalue weighted by atomic mass is 16.2. The highest BCUT2D eigenvalue weighted by molar-refractivity contribution is 5.91. The molecule has 6 nitrogen and oxygen atoms in total. The Morgan fingerprint density at radius 3 is 2.53 bits per heavy atom. The summed E-state index contributed by atoms with van der Waals surface area (Å²) in [6.45, 7) is 4.26. The van der Waals surface area contributed by atoms with Crippen molar-refractivity contribution >= 4 is 11.8 Å². The van der Waals surface area contributed by atoms with Crippen molar-refractivity contribution in [2.24, 2.45) is 13.0 Å². The molecular weight excluding hydrogens is 400 g/mol. The van der Waals surface area contributed by atoms with Crippen molar-refractivity contribution in [3.63, 3.8) is 0 Å². The smallest absolute Gasteiger partial charge is 0.289 e. The number of benzene rings is 2. The molecule has 0 saturated carbocycles. The Labute approximate surface area is 189 Å². The molecule has 166 valence electrons. The van der Waals surface area contributed by atoms with Gasteiger partial charge in [0, 0.05) is 45.6 Å². The van der Waals surface area contributed by atoms with Gasteiger partial charge in [-0.3, -0.25) is 9.59 Å². The van der Waals surface area contributed by atoms with Gasteiger partial charge in [-0.15, -0.1) is 0 Å². The molecule has 0 bridgehead atoms. The number of aryl methyl sites for hydroxylation is 1. The zero-order chi connectivity index (χ0) is 22.5. The number of amides is 2. The molecule has 1 fully saturated rings. The van der Waals surface area contributed by atoms with E-state index >= 15 is 0 Å². The molecule has 1 atom stereocenters. The molecular formula is C26H30N4O2. The van der Waals surface area contributed by atoms with Crippen molar-refractivity contribution in [1.82, 2.24) is 19.4 Å². The molecule has 0 unspecified atom stereocenters. The molecule has 0 spiro atoms. The topological polar surface area (TPSA) is 58.4 Å². The Balaban J connectivity index is 1.64. The minimum Gasteiger partial charge on any atom is -0.341 e. The normalized spacial score (nSPS) is 16.8. The van der Waals surface area contributed by atoms with E-state index in [1.54, 1.807) is 21.9 Å². The van der Waals surface area contributed by atoms with Crippen LogP contribution in [0.1, 0.15) is 29.5 Å². The van der Waals surface area contributed by atoms with Crippen LogP contribution in [-0.4, -0.2) is 57.3 Å². The lowest BCUT2D eigenvalue weighted by molar-refractivity contribution is -0.134. The predicted molar refractivity (Wildman–Crippen MR) is 125 cm³/mol. The maximum absolute atomic E-state index is 13.5. The number of carbonyl (C=O) groups excluding carboxylic acids is 2. The van der Waals surface area contributed by atoms with E-state index in [0.717, 1.165) is 23.1 Å². The fraction of sp³-hybridized carbons (Fsp3) is 0.346. The average Bonchev–Trinajstić information content (AvgIpc) is 3.19. The van der Waals surface area contributed by atoms with Gasteiger partial charge < -0.3 is 14.4 Å². The number of nitrogens with zero attached hydrogens (tertiary/aromatic N) is 4. The molecule has 0 radical (unpaired) electrons. The Morgan fingerprint density at radius 2 is 1.81 bits per heavy atom. The summed E-state index contributed by atoms with van der Waals surface area (Å²) in [5.41, 5.74) is 3.39. The quantitative estimate of drug-likeness (QED) is 0.600. The second kappa shape index (κ2) is 9.81. The van der Waals surface area contributed by atoms with Crippen LogP contribution in [0.3, 0.4) is 0 Å². The minimum absolute atomic E-state index is 0.120. The molecule has 1 aliphatic rings. The zero-order valence-corrected chi connectivity index (χ0v) is 18.8. The number of imidazole rings is 1. The maximum atomic E-state index is 13.5. The molecule has 0 N–H and O–H groups in total. The molecule has 32 heavy (non-hydrogen) atoms. The minimum atomic E-state index is -0.293. The first-order valence-electron chi connectivity index (χ1n) is 11.3. The first-order valence-corrected chi connectivity index (χ1v) is 11.3. The monoisotopic (exact) mass is 430 g/mol. The fourth-order valence-electron chi connectivity index (χ4n) is 4.45. The number of hydrogen-bond acceptors (Lipinski definition) is 3. The van der Waals surface area contributed by atoms with Crippen molar-refractivity contribution in [2.45, 2.75) is 19.8 Å². The molecule has 1 aliphatic heterocycles. The third-order valence-corrected chi connectivity index (χ3v) is 6.10. The second-order valence-corrected chi connectivity index (χ2v) is 8.36. The van der Waals surface area contributed by atoms with Crippen LogP contribution in [0.5, 0.6) is 0 Å². The predicted octanol–water partition coefficient (Wildman–Crippen LogP) is 3.64. The van der Waals surface area contributed by atoms with E-state index < -0.39 is 0 Å². The number of hydrogen-bond donors (Lipinski definition) is 0. The summed E-state index contributed by atoms with van der Waals surface area (Å²) in [6.07, 6.45) is 4.89. The van der Waals surface area contributed by atoms with Gasteiger partial charge in [-0.05, 0) is 29.5 Å². The van der Waals surface area contributed by atoms with Crippen LogP contribution < -0.4 is 0 Å². The molecule has 6 heteroatoms. The van der Waals surface area contributed by atoms with Crippen molar-refractivity contribution in [3.8, 4) is 11.1 Å². The zero-order valence-electron chi connectivity index (χ0n) is 18.8. The van der Waals surface area contributed by atoms with Gasteiger partial charge in [-0.1, -0.05) is 61.5 Å².